The molecule has 19 atom stereocenters. The van der Waals surface area contributed by atoms with Gasteiger partial charge in [-0.3, -0.25) is 9.59 Å². The number of cyclic esters (lactones) is 1. The van der Waals surface area contributed by atoms with Crippen LogP contribution in [0.5, 0.6) is 0 Å². The van der Waals surface area contributed by atoms with Crippen LogP contribution < -0.4 is 0 Å². The maximum atomic E-state index is 15.5. The van der Waals surface area contributed by atoms with Gasteiger partial charge in [-0.25, -0.2) is 0 Å². The van der Waals surface area contributed by atoms with Crippen molar-refractivity contribution in [1.29, 1.82) is 0 Å². The van der Waals surface area contributed by atoms with E-state index < -0.39 is 12.4 Å². The molecule has 324 valence electrons. The molecule has 3 aliphatic carbocycles. The quantitative estimate of drug-likeness (QED) is 0.181. The lowest BCUT2D eigenvalue weighted by molar-refractivity contribution is -0.314. The monoisotopic (exact) mass is 810 g/mol. The fraction of sp³-hybridized carbons (Fsp3) is 0.787. The average Bonchev–Trinajstić information content (AvgIpc) is 3.77. The van der Waals surface area contributed by atoms with Crippen LogP contribution in [0.15, 0.2) is 42.5 Å². The molecule has 0 spiro atoms. The lowest BCUT2D eigenvalue weighted by Gasteiger charge is -2.44. The summed E-state index contributed by atoms with van der Waals surface area (Å²) in [6.45, 7) is 8.26. The second-order valence-electron chi connectivity index (χ2n) is 18.4. The Morgan fingerprint density at radius 1 is 0.776 bits per heavy atom. The molecule has 0 aromatic heterocycles. The lowest BCUT2D eigenvalue weighted by atomic mass is 9.67. The largest absolute Gasteiger partial charge is 0.462 e. The van der Waals surface area contributed by atoms with Crippen molar-refractivity contribution >= 4 is 11.8 Å². The third-order valence-corrected chi connectivity index (χ3v) is 15.1. The number of methoxy groups -OCH3 is 3. The number of nitrogens with zero attached hydrogens (tertiary/aromatic N) is 1. The van der Waals surface area contributed by atoms with Gasteiger partial charge in [0, 0.05) is 45.6 Å². The van der Waals surface area contributed by atoms with Gasteiger partial charge < -0.3 is 42.8 Å². The minimum atomic E-state index is -0.615. The van der Waals surface area contributed by atoms with Crippen LogP contribution >= 0.6 is 0 Å². The summed E-state index contributed by atoms with van der Waals surface area (Å²) in [5.74, 6) is -0.358. The van der Waals surface area contributed by atoms with Crippen molar-refractivity contribution in [2.24, 2.45) is 41.4 Å². The van der Waals surface area contributed by atoms with E-state index in [1.165, 1.54) is 0 Å². The smallest absolute Gasteiger partial charge is 0.306 e. The summed E-state index contributed by atoms with van der Waals surface area (Å²) in [5.41, 5.74) is 1.16. The van der Waals surface area contributed by atoms with E-state index in [0.29, 0.717) is 12.5 Å². The molecule has 0 N–H and O–H groups in total. The van der Waals surface area contributed by atoms with E-state index in [0.717, 1.165) is 50.5 Å². The Balaban J connectivity index is 1.19. The molecule has 2 saturated carbocycles. The summed E-state index contributed by atoms with van der Waals surface area (Å²) in [6.07, 6.45) is 8.50. The van der Waals surface area contributed by atoms with Crippen LogP contribution in [0.25, 0.3) is 0 Å². The van der Waals surface area contributed by atoms with Gasteiger partial charge in [0.25, 0.3) is 0 Å². The minimum absolute atomic E-state index is 0.0239. The Bertz CT molecular complexity index is 1540. The van der Waals surface area contributed by atoms with Gasteiger partial charge in [0.2, 0.25) is 0 Å². The number of ether oxygens (including phenoxy) is 8. The summed E-state index contributed by atoms with van der Waals surface area (Å²) >= 11 is 0. The molecule has 11 heteroatoms. The van der Waals surface area contributed by atoms with Crippen LogP contribution in [0.1, 0.15) is 97.0 Å². The number of Topliss-reactive ketones (excluding diaryl/α,β-unsaturated/α-hetero) is 1. The zero-order chi connectivity index (χ0) is 41.2. The highest BCUT2D eigenvalue weighted by Gasteiger charge is 2.60. The fourth-order valence-electron chi connectivity index (χ4n) is 12.2. The summed E-state index contributed by atoms with van der Waals surface area (Å²) < 4.78 is 50.5. The molecule has 1 aromatic carbocycles. The molecule has 5 fully saturated rings. The SMILES string of the molecule is CC[C@H]1CCC[C@H](O[C@H]2CC[C@H](N(C)C)C(C)O2)[C@@H](C)C(=O)C2C(c3ccccc3)[C@@H]3[C@@H](C=C[C@@H]4C[C@@H](O[C@@H]5OC(C)[C@H](OC)C(OC)C5OC)C[C@@H]34)[C@@H]2CC(=O)O1. The number of fused-ring (bicyclic) bond motifs is 5. The zero-order valence-electron chi connectivity index (χ0n) is 36.4. The predicted octanol–water partition coefficient (Wildman–Crippen LogP) is 6.96. The average molecular weight is 810 g/mol. The van der Waals surface area contributed by atoms with Crippen molar-refractivity contribution in [3.63, 3.8) is 0 Å². The Kier molecular flexibility index (Phi) is 14.5. The van der Waals surface area contributed by atoms with E-state index in [9.17, 15) is 4.79 Å². The summed E-state index contributed by atoms with van der Waals surface area (Å²) in [6, 6.07) is 10.9. The van der Waals surface area contributed by atoms with Gasteiger partial charge in [-0.15, -0.1) is 0 Å². The van der Waals surface area contributed by atoms with E-state index >= 15 is 4.79 Å². The summed E-state index contributed by atoms with van der Waals surface area (Å²) in [5, 5.41) is 0. The van der Waals surface area contributed by atoms with Gasteiger partial charge in [0.15, 0.2) is 12.6 Å². The second kappa shape index (κ2) is 19.2. The highest BCUT2D eigenvalue weighted by molar-refractivity contribution is 5.86. The van der Waals surface area contributed by atoms with E-state index in [2.05, 4.69) is 76.2 Å². The predicted molar refractivity (Wildman–Crippen MR) is 219 cm³/mol. The third kappa shape index (κ3) is 8.89. The molecule has 3 saturated heterocycles. The molecule has 0 radical (unpaired) electrons. The Morgan fingerprint density at radius 2 is 1.52 bits per heavy atom. The Hall–Kier alpha value is -2.22. The Labute approximate surface area is 347 Å². The van der Waals surface area contributed by atoms with Crippen LogP contribution in [0, 0.1) is 41.4 Å². The molecule has 6 unspecified atom stereocenters. The number of carbonyl (C=O) groups is 2. The molecule has 7 rings (SSSR count). The first-order chi connectivity index (χ1) is 28.0. The highest BCUT2D eigenvalue weighted by atomic mass is 16.7. The van der Waals surface area contributed by atoms with Gasteiger partial charge >= 0.3 is 5.97 Å². The fourth-order valence-corrected chi connectivity index (χ4v) is 12.2. The molecule has 11 nitrogen and oxygen atoms in total. The number of carbonyl (C=O) groups excluding carboxylic acids is 2. The van der Waals surface area contributed by atoms with Gasteiger partial charge in [0.05, 0.1) is 24.4 Å². The first kappa shape index (κ1) is 43.9. The van der Waals surface area contributed by atoms with Crippen molar-refractivity contribution in [2.45, 2.75) is 159 Å². The lowest BCUT2D eigenvalue weighted by Crippen LogP contribution is -2.59. The Morgan fingerprint density at radius 3 is 2.19 bits per heavy atom. The topological polar surface area (TPSA) is 111 Å². The molecule has 3 aliphatic heterocycles. The van der Waals surface area contributed by atoms with Crippen molar-refractivity contribution in [2.75, 3.05) is 35.4 Å². The number of allylic oxidation sites excluding steroid dienone is 2. The summed E-state index contributed by atoms with van der Waals surface area (Å²) in [4.78, 5) is 31.7. The number of hydrogen-bond donors (Lipinski definition) is 0. The maximum Gasteiger partial charge on any atom is 0.306 e. The third-order valence-electron chi connectivity index (χ3n) is 15.1. The van der Waals surface area contributed by atoms with E-state index in [1.807, 2.05) is 13.0 Å². The number of esters is 1. The molecule has 58 heavy (non-hydrogen) atoms. The molecular weight excluding hydrogens is 739 g/mol. The first-order valence-corrected chi connectivity index (χ1v) is 22.3. The van der Waals surface area contributed by atoms with Crippen molar-refractivity contribution in [3.8, 4) is 0 Å². The normalized spacial score (nSPS) is 44.8. The molecule has 6 aliphatic rings. The highest BCUT2D eigenvalue weighted by Crippen LogP contribution is 2.62. The zero-order valence-corrected chi connectivity index (χ0v) is 36.4. The summed E-state index contributed by atoms with van der Waals surface area (Å²) in [7, 11) is 9.20. The van der Waals surface area contributed by atoms with Crippen LogP contribution in [0.2, 0.25) is 0 Å². The molecule has 1 aromatic rings. The van der Waals surface area contributed by atoms with E-state index in [1.54, 1.807) is 21.3 Å². The number of hydrogen-bond acceptors (Lipinski definition) is 11. The van der Waals surface area contributed by atoms with E-state index in [-0.39, 0.29) is 115 Å². The van der Waals surface area contributed by atoms with Crippen LogP contribution in [-0.2, 0) is 47.5 Å². The van der Waals surface area contributed by atoms with Crippen LogP contribution in [0.4, 0.5) is 0 Å². The van der Waals surface area contributed by atoms with Crippen LogP contribution in [0.3, 0.4) is 0 Å². The maximum absolute atomic E-state index is 15.5. The standard InChI is InChI=1S/C47H71NO10/c1-10-31-17-14-18-37(58-39-22-21-36(48(5)6)27(3)54-39)26(2)43(50)42-35(25-38(49)56-31)33-20-19-30-23-32(24-34(30)41(33)40(42)29-15-12-11-13-16-29)57-47-46(53-9)45(52-8)44(51-7)28(4)55-47/h11-13,15-16,19-20,26-28,30-37,39-42,44-47H,10,14,17-18,21-25H2,1-9H3/t26-,27?,28?,30-,31+,32-,33+,34-,35+,36+,37+,39+,40?,41-,42?,44+,45?,46?,47+/m1/s1. The molecule has 0 amide bonds. The van der Waals surface area contributed by atoms with Crippen molar-refractivity contribution in [3.05, 3.63) is 48.0 Å². The number of rotatable bonds is 10. The van der Waals surface area contributed by atoms with Crippen molar-refractivity contribution in [1.82, 2.24) is 4.90 Å². The van der Waals surface area contributed by atoms with Crippen molar-refractivity contribution < 1.29 is 47.5 Å². The van der Waals surface area contributed by atoms with E-state index in [4.69, 9.17) is 37.9 Å². The van der Waals surface area contributed by atoms with Gasteiger partial charge in [-0.1, -0.05) is 56.3 Å². The van der Waals surface area contributed by atoms with Gasteiger partial charge in [0.1, 0.15) is 30.2 Å². The molecule has 3 heterocycles. The van der Waals surface area contributed by atoms with Crippen LogP contribution in [-0.4, -0.2) is 120 Å². The number of ketones is 1. The minimum Gasteiger partial charge on any atom is -0.462 e. The number of likely N-dealkylation sites (N-methyl/N-ethyl adjacent to an activating group) is 1. The van der Waals surface area contributed by atoms with Gasteiger partial charge in [-0.2, -0.15) is 0 Å². The number of benzene rings is 1. The molecular formula is C47H71NO10. The second-order valence-corrected chi connectivity index (χ2v) is 18.4. The van der Waals surface area contributed by atoms with Gasteiger partial charge in [-0.05, 0) is 120 Å². The first-order valence-electron chi connectivity index (χ1n) is 22.3. The molecule has 0 bridgehead atoms.